The van der Waals surface area contributed by atoms with Gasteiger partial charge in [-0.1, -0.05) is 0 Å². The molecule has 0 aromatic carbocycles. The molecule has 3 heterocycles. The highest BCUT2D eigenvalue weighted by Gasteiger charge is 2.44. The topological polar surface area (TPSA) is 35.6 Å². The molecular weight excluding hydrogens is 202 g/mol. The van der Waals surface area contributed by atoms with Gasteiger partial charge in [0.1, 0.15) is 0 Å². The zero-order valence-electron chi connectivity index (χ0n) is 9.98. The van der Waals surface area contributed by atoms with Gasteiger partial charge in [0.25, 0.3) is 0 Å². The lowest BCUT2D eigenvalue weighted by Crippen LogP contribution is -2.45. The minimum Gasteiger partial charge on any atom is -0.325 e. The number of carbonyl (C=O) groups is 1. The van der Waals surface area contributed by atoms with Gasteiger partial charge in [0.15, 0.2) is 0 Å². The number of carbonyl (C=O) groups excluding carboxylic acids is 1. The Morgan fingerprint density at radius 2 is 2.00 bits per heavy atom. The summed E-state index contributed by atoms with van der Waals surface area (Å²) in [6, 6.07) is 0.715. The van der Waals surface area contributed by atoms with Crippen molar-refractivity contribution in [3.05, 3.63) is 0 Å². The van der Waals surface area contributed by atoms with E-state index in [-0.39, 0.29) is 0 Å². The number of likely N-dealkylation sites (tertiary alicyclic amines) is 2. The molecule has 0 aliphatic carbocycles. The van der Waals surface area contributed by atoms with E-state index in [1.54, 1.807) is 0 Å². The zero-order valence-corrected chi connectivity index (χ0v) is 9.98. The summed E-state index contributed by atoms with van der Waals surface area (Å²) >= 11 is 0. The maximum absolute atomic E-state index is 12.3. The summed E-state index contributed by atoms with van der Waals surface area (Å²) in [5.41, 5.74) is 0. The first-order valence-corrected chi connectivity index (χ1v) is 6.53. The van der Waals surface area contributed by atoms with Crippen molar-refractivity contribution in [3.8, 4) is 0 Å². The van der Waals surface area contributed by atoms with E-state index in [4.69, 9.17) is 0 Å². The monoisotopic (exact) mass is 223 g/mol. The molecule has 1 N–H and O–H groups in total. The standard InChI is InChI=1S/C12H21N3O/c1-9-11-7-13-6-10(11)8-15(9)12(16)14-4-2-3-5-14/h9-11,13H,2-8H2,1H3. The lowest BCUT2D eigenvalue weighted by Gasteiger charge is -2.29. The van der Waals surface area contributed by atoms with Crippen LogP contribution < -0.4 is 5.32 Å². The van der Waals surface area contributed by atoms with Crippen molar-refractivity contribution < 1.29 is 4.79 Å². The molecule has 0 radical (unpaired) electrons. The molecule has 3 rings (SSSR count). The average molecular weight is 223 g/mol. The van der Waals surface area contributed by atoms with Gasteiger partial charge in [-0.15, -0.1) is 0 Å². The predicted octanol–water partition coefficient (Wildman–Crippen LogP) is 0.742. The SMILES string of the molecule is CC1C2CNCC2CN1C(=O)N1CCCC1. The van der Waals surface area contributed by atoms with E-state index in [1.807, 2.05) is 4.90 Å². The Morgan fingerprint density at radius 1 is 1.25 bits per heavy atom. The molecule has 3 atom stereocenters. The maximum Gasteiger partial charge on any atom is 0.320 e. The van der Waals surface area contributed by atoms with E-state index in [0.717, 1.165) is 32.7 Å². The second-order valence-electron chi connectivity index (χ2n) is 5.45. The maximum atomic E-state index is 12.3. The van der Waals surface area contributed by atoms with Gasteiger partial charge in [0, 0.05) is 38.8 Å². The largest absolute Gasteiger partial charge is 0.325 e. The lowest BCUT2D eigenvalue weighted by atomic mass is 9.95. The number of nitrogens with one attached hydrogen (secondary N) is 1. The summed E-state index contributed by atoms with van der Waals surface area (Å²) in [6.45, 7) is 7.31. The first kappa shape index (κ1) is 10.4. The Labute approximate surface area is 97.0 Å². The Morgan fingerprint density at radius 3 is 2.69 bits per heavy atom. The fraction of sp³-hybridized carbons (Fsp3) is 0.917. The van der Waals surface area contributed by atoms with Crippen LogP contribution >= 0.6 is 0 Å². The Bertz CT molecular complexity index is 288. The third kappa shape index (κ3) is 1.51. The molecule has 3 fully saturated rings. The molecule has 0 bridgehead atoms. The van der Waals surface area contributed by atoms with Crippen molar-refractivity contribution in [2.45, 2.75) is 25.8 Å². The first-order chi connectivity index (χ1) is 7.77. The molecule has 3 aliphatic heterocycles. The molecule has 0 spiro atoms. The van der Waals surface area contributed by atoms with Crippen molar-refractivity contribution in [1.82, 2.24) is 15.1 Å². The summed E-state index contributed by atoms with van der Waals surface area (Å²) in [6.07, 6.45) is 2.37. The van der Waals surface area contributed by atoms with Crippen LogP contribution in [0.2, 0.25) is 0 Å². The van der Waals surface area contributed by atoms with Crippen molar-refractivity contribution in [1.29, 1.82) is 0 Å². The van der Waals surface area contributed by atoms with E-state index in [1.165, 1.54) is 12.8 Å². The average Bonchev–Trinajstić information content (AvgIpc) is 2.95. The number of amides is 2. The molecule has 0 saturated carbocycles. The van der Waals surface area contributed by atoms with Crippen LogP contribution in [0.25, 0.3) is 0 Å². The molecule has 3 unspecified atom stereocenters. The van der Waals surface area contributed by atoms with Crippen molar-refractivity contribution in [2.75, 3.05) is 32.7 Å². The van der Waals surface area contributed by atoms with Crippen molar-refractivity contribution >= 4 is 6.03 Å². The summed E-state index contributed by atoms with van der Waals surface area (Å²) < 4.78 is 0. The van der Waals surface area contributed by atoms with Crippen LogP contribution in [0.3, 0.4) is 0 Å². The molecular formula is C12H21N3O. The fourth-order valence-electron chi connectivity index (χ4n) is 3.51. The van der Waals surface area contributed by atoms with Crippen LogP contribution in [0.5, 0.6) is 0 Å². The normalized spacial score (nSPS) is 38.2. The summed E-state index contributed by atoms with van der Waals surface area (Å²) in [4.78, 5) is 16.5. The smallest absolute Gasteiger partial charge is 0.320 e. The summed E-state index contributed by atoms with van der Waals surface area (Å²) in [5.74, 6) is 1.38. The van der Waals surface area contributed by atoms with Crippen molar-refractivity contribution in [3.63, 3.8) is 0 Å². The van der Waals surface area contributed by atoms with Gasteiger partial charge in [-0.3, -0.25) is 0 Å². The van der Waals surface area contributed by atoms with Crippen LogP contribution in [-0.2, 0) is 0 Å². The van der Waals surface area contributed by atoms with Crippen LogP contribution in [0, 0.1) is 11.8 Å². The molecule has 0 aromatic heterocycles. The van der Waals surface area contributed by atoms with Gasteiger partial charge < -0.3 is 15.1 Å². The summed E-state index contributed by atoms with van der Waals surface area (Å²) in [5, 5.41) is 3.43. The second-order valence-corrected chi connectivity index (χ2v) is 5.45. The number of fused-ring (bicyclic) bond motifs is 1. The third-order valence-electron chi connectivity index (χ3n) is 4.56. The first-order valence-electron chi connectivity index (χ1n) is 6.53. The highest BCUT2D eigenvalue weighted by atomic mass is 16.2. The van der Waals surface area contributed by atoms with Gasteiger partial charge >= 0.3 is 6.03 Å². The second kappa shape index (κ2) is 3.91. The molecule has 0 aromatic rings. The minimum atomic E-state index is 0.291. The highest BCUT2D eigenvalue weighted by Crippen LogP contribution is 2.33. The van der Waals surface area contributed by atoms with E-state index in [9.17, 15) is 4.79 Å². The molecule has 3 saturated heterocycles. The highest BCUT2D eigenvalue weighted by molar-refractivity contribution is 5.75. The molecule has 16 heavy (non-hydrogen) atoms. The molecule has 90 valence electrons. The zero-order chi connectivity index (χ0) is 11.1. The van der Waals surface area contributed by atoms with E-state index >= 15 is 0 Å². The van der Waals surface area contributed by atoms with Crippen molar-refractivity contribution in [2.24, 2.45) is 11.8 Å². The molecule has 4 heteroatoms. The molecule has 4 nitrogen and oxygen atoms in total. The van der Waals surface area contributed by atoms with Gasteiger partial charge in [-0.2, -0.15) is 0 Å². The van der Waals surface area contributed by atoms with Gasteiger partial charge in [-0.25, -0.2) is 4.79 Å². The van der Waals surface area contributed by atoms with E-state index < -0.39 is 0 Å². The quantitative estimate of drug-likeness (QED) is 0.657. The Hall–Kier alpha value is -0.770. The number of nitrogens with zero attached hydrogens (tertiary/aromatic N) is 2. The number of hydrogen-bond donors (Lipinski definition) is 1. The predicted molar refractivity (Wildman–Crippen MR) is 62.2 cm³/mol. The van der Waals surface area contributed by atoms with E-state index in [0.29, 0.717) is 23.9 Å². The van der Waals surface area contributed by atoms with Crippen LogP contribution in [0.1, 0.15) is 19.8 Å². The molecule has 2 amide bonds. The van der Waals surface area contributed by atoms with Gasteiger partial charge in [-0.05, 0) is 31.6 Å². The Kier molecular flexibility index (Phi) is 2.54. The number of urea groups is 1. The molecule has 3 aliphatic rings. The Balaban J connectivity index is 1.69. The van der Waals surface area contributed by atoms with Gasteiger partial charge in [0.2, 0.25) is 0 Å². The fourth-order valence-corrected chi connectivity index (χ4v) is 3.51. The number of rotatable bonds is 0. The lowest BCUT2D eigenvalue weighted by molar-refractivity contribution is 0.155. The van der Waals surface area contributed by atoms with E-state index in [2.05, 4.69) is 17.1 Å². The third-order valence-corrected chi connectivity index (χ3v) is 4.56. The number of hydrogen-bond acceptors (Lipinski definition) is 2. The minimum absolute atomic E-state index is 0.291. The van der Waals surface area contributed by atoms with Crippen LogP contribution in [0.4, 0.5) is 4.79 Å². The van der Waals surface area contributed by atoms with Crippen LogP contribution in [-0.4, -0.2) is 54.6 Å². The summed E-state index contributed by atoms with van der Waals surface area (Å²) in [7, 11) is 0. The van der Waals surface area contributed by atoms with Gasteiger partial charge in [0.05, 0.1) is 0 Å². The van der Waals surface area contributed by atoms with Crippen LogP contribution in [0.15, 0.2) is 0 Å².